The summed E-state index contributed by atoms with van der Waals surface area (Å²) in [6.45, 7) is 3.97. The number of thiophene rings is 1. The van der Waals surface area contributed by atoms with Crippen molar-refractivity contribution >= 4 is 23.2 Å². The van der Waals surface area contributed by atoms with Crippen molar-refractivity contribution in [3.63, 3.8) is 0 Å². The van der Waals surface area contributed by atoms with Crippen molar-refractivity contribution in [2.24, 2.45) is 4.99 Å². The van der Waals surface area contributed by atoms with E-state index in [1.54, 1.807) is 30.5 Å². The smallest absolute Gasteiger partial charge is 0.224 e. The molecule has 0 radical (unpaired) electrons. The van der Waals surface area contributed by atoms with Crippen LogP contribution in [0.25, 0.3) is 0 Å². The Bertz CT molecular complexity index is 718. The van der Waals surface area contributed by atoms with Crippen LogP contribution >= 0.6 is 11.3 Å². The van der Waals surface area contributed by atoms with Crippen molar-refractivity contribution in [3.8, 4) is 0 Å². The molecule has 1 amide bonds. The number of carbonyl (C=O) groups excluding carboxylic acids is 1. The van der Waals surface area contributed by atoms with E-state index in [1.165, 1.54) is 17.7 Å². The summed E-state index contributed by atoms with van der Waals surface area (Å²) in [5, 5.41) is 13.5. The molecule has 26 heavy (non-hydrogen) atoms. The second kappa shape index (κ2) is 10.6. The average molecular weight is 377 g/mol. The molecule has 0 saturated carbocycles. The van der Waals surface area contributed by atoms with Crippen LogP contribution in [0.2, 0.25) is 0 Å². The molecule has 3 N–H and O–H groups in total. The highest BCUT2D eigenvalue weighted by Gasteiger charge is 2.07. The second-order valence-corrected chi connectivity index (χ2v) is 6.77. The summed E-state index contributed by atoms with van der Waals surface area (Å²) in [5.74, 6) is 0.632. The van der Waals surface area contributed by atoms with Crippen molar-refractivity contribution in [1.29, 1.82) is 0 Å². The van der Waals surface area contributed by atoms with Crippen molar-refractivity contribution in [2.75, 3.05) is 26.7 Å². The largest absolute Gasteiger partial charge is 0.356 e. The van der Waals surface area contributed by atoms with Crippen LogP contribution in [-0.4, -0.2) is 38.5 Å². The molecule has 7 heteroatoms. The minimum Gasteiger partial charge on any atom is -0.356 e. The molecule has 2 aromatic rings. The molecule has 0 aliphatic rings. The van der Waals surface area contributed by atoms with Gasteiger partial charge in [0.15, 0.2) is 5.96 Å². The molecule has 0 bridgehead atoms. The molecule has 0 saturated heterocycles. The molecule has 0 spiro atoms. The monoisotopic (exact) mass is 376 g/mol. The van der Waals surface area contributed by atoms with Crippen LogP contribution in [0.3, 0.4) is 0 Å². The fraction of sp³-hybridized carbons (Fsp3) is 0.368. The lowest BCUT2D eigenvalue weighted by atomic mass is 10.1. The van der Waals surface area contributed by atoms with Gasteiger partial charge >= 0.3 is 0 Å². The van der Waals surface area contributed by atoms with Crippen LogP contribution in [0.4, 0.5) is 4.39 Å². The minimum atomic E-state index is -0.330. The molecule has 0 fully saturated rings. The first-order valence-corrected chi connectivity index (χ1v) is 9.50. The number of guanidine groups is 1. The second-order valence-electron chi connectivity index (χ2n) is 5.99. The van der Waals surface area contributed by atoms with Crippen LogP contribution in [0.1, 0.15) is 24.0 Å². The van der Waals surface area contributed by atoms with Crippen molar-refractivity contribution in [3.05, 3.63) is 58.0 Å². The maximum atomic E-state index is 13.1. The summed E-state index contributed by atoms with van der Waals surface area (Å²) >= 11 is 1.69. The Morgan fingerprint density at radius 1 is 1.23 bits per heavy atom. The summed E-state index contributed by atoms with van der Waals surface area (Å²) < 4.78 is 13.1. The third-order valence-electron chi connectivity index (χ3n) is 3.90. The van der Waals surface area contributed by atoms with Crippen molar-refractivity contribution in [1.82, 2.24) is 16.0 Å². The standard InChI is InChI=1S/C19H25FN4OS/c1-14(16-6-9-26-13-16)12-24-19(21-2)23-8-7-22-18(25)11-15-4-3-5-17(20)10-15/h3-6,9-10,13-14H,7-8,11-12H2,1-2H3,(H,22,25)(H2,21,23,24). The lowest BCUT2D eigenvalue weighted by molar-refractivity contribution is -0.120. The fourth-order valence-corrected chi connectivity index (χ4v) is 3.20. The van der Waals surface area contributed by atoms with Crippen molar-refractivity contribution < 1.29 is 9.18 Å². The zero-order valence-corrected chi connectivity index (χ0v) is 15.9. The maximum absolute atomic E-state index is 13.1. The van der Waals surface area contributed by atoms with Crippen LogP contribution < -0.4 is 16.0 Å². The molecular formula is C19H25FN4OS. The highest BCUT2D eigenvalue weighted by molar-refractivity contribution is 7.07. The van der Waals surface area contributed by atoms with E-state index < -0.39 is 0 Å². The van der Waals surface area contributed by atoms with Gasteiger partial charge in [0.1, 0.15) is 5.82 Å². The first kappa shape index (κ1) is 19.9. The number of nitrogens with one attached hydrogen (secondary N) is 3. The summed E-state index contributed by atoms with van der Waals surface area (Å²) in [5.41, 5.74) is 1.97. The first-order valence-electron chi connectivity index (χ1n) is 8.56. The number of carbonyl (C=O) groups is 1. The van der Waals surface area contributed by atoms with E-state index in [9.17, 15) is 9.18 Å². The quantitative estimate of drug-likeness (QED) is 0.377. The van der Waals surface area contributed by atoms with E-state index in [4.69, 9.17) is 0 Å². The fourth-order valence-electron chi connectivity index (χ4n) is 2.42. The van der Waals surface area contributed by atoms with Gasteiger partial charge in [-0.25, -0.2) is 4.39 Å². The molecule has 0 aliphatic carbocycles. The van der Waals surface area contributed by atoms with E-state index in [0.717, 1.165) is 6.54 Å². The van der Waals surface area contributed by atoms with Crippen LogP contribution in [0.15, 0.2) is 46.1 Å². The van der Waals surface area contributed by atoms with Crippen molar-refractivity contribution in [2.45, 2.75) is 19.3 Å². The summed E-state index contributed by atoms with van der Waals surface area (Å²) in [7, 11) is 1.72. The molecule has 5 nitrogen and oxygen atoms in total. The highest BCUT2D eigenvalue weighted by atomic mass is 32.1. The van der Waals surface area contributed by atoms with E-state index in [2.05, 4.69) is 44.7 Å². The van der Waals surface area contributed by atoms with E-state index in [-0.39, 0.29) is 18.1 Å². The molecular weight excluding hydrogens is 351 g/mol. The van der Waals surface area contributed by atoms with Gasteiger partial charge in [-0.2, -0.15) is 11.3 Å². The number of amides is 1. The van der Waals surface area contributed by atoms with E-state index in [1.807, 2.05) is 0 Å². The lowest BCUT2D eigenvalue weighted by Crippen LogP contribution is -2.42. The third-order valence-corrected chi connectivity index (χ3v) is 4.61. The summed E-state index contributed by atoms with van der Waals surface area (Å²) in [6.07, 6.45) is 0.170. The number of nitrogens with zero attached hydrogens (tertiary/aromatic N) is 1. The molecule has 1 unspecified atom stereocenters. The van der Waals surface area contributed by atoms with Gasteiger partial charge in [0.05, 0.1) is 6.42 Å². The molecule has 1 atom stereocenters. The van der Waals surface area contributed by atoms with Gasteiger partial charge in [-0.1, -0.05) is 19.1 Å². The number of hydrogen-bond acceptors (Lipinski definition) is 3. The Labute approximate surface area is 157 Å². The normalized spacial score (nSPS) is 12.5. The van der Waals surface area contributed by atoms with Crippen LogP contribution in [0.5, 0.6) is 0 Å². The van der Waals surface area contributed by atoms with Gasteiger partial charge in [-0.05, 0) is 46.0 Å². The average Bonchev–Trinajstić information content (AvgIpc) is 3.15. The topological polar surface area (TPSA) is 65.5 Å². The Balaban J connectivity index is 1.63. The molecule has 140 valence electrons. The van der Waals surface area contributed by atoms with Gasteiger partial charge in [0, 0.05) is 26.7 Å². The first-order chi connectivity index (χ1) is 12.6. The molecule has 1 aromatic carbocycles. The predicted octanol–water partition coefficient (Wildman–Crippen LogP) is 2.51. The zero-order chi connectivity index (χ0) is 18.8. The number of halogens is 1. The van der Waals surface area contributed by atoms with Crippen LogP contribution in [-0.2, 0) is 11.2 Å². The number of hydrogen-bond donors (Lipinski definition) is 3. The van der Waals surface area contributed by atoms with Gasteiger partial charge in [-0.3, -0.25) is 9.79 Å². The third kappa shape index (κ3) is 6.84. The number of rotatable bonds is 8. The molecule has 1 aromatic heterocycles. The Hall–Kier alpha value is -2.41. The van der Waals surface area contributed by atoms with Gasteiger partial charge < -0.3 is 16.0 Å². The van der Waals surface area contributed by atoms with E-state index >= 15 is 0 Å². The maximum Gasteiger partial charge on any atom is 0.224 e. The van der Waals surface area contributed by atoms with E-state index in [0.29, 0.717) is 30.5 Å². The summed E-state index contributed by atoms with van der Waals surface area (Å²) in [6, 6.07) is 8.20. The summed E-state index contributed by atoms with van der Waals surface area (Å²) in [4.78, 5) is 16.1. The Kier molecular flexibility index (Phi) is 8.08. The lowest BCUT2D eigenvalue weighted by Gasteiger charge is -2.15. The molecule has 1 heterocycles. The Morgan fingerprint density at radius 2 is 2.04 bits per heavy atom. The predicted molar refractivity (Wildman–Crippen MR) is 105 cm³/mol. The Morgan fingerprint density at radius 3 is 2.73 bits per heavy atom. The van der Waals surface area contributed by atoms with Crippen LogP contribution in [0, 0.1) is 5.82 Å². The number of benzene rings is 1. The molecule has 2 rings (SSSR count). The van der Waals surface area contributed by atoms with Gasteiger partial charge in [0.25, 0.3) is 0 Å². The van der Waals surface area contributed by atoms with Gasteiger partial charge in [-0.15, -0.1) is 0 Å². The highest BCUT2D eigenvalue weighted by Crippen LogP contribution is 2.16. The minimum absolute atomic E-state index is 0.133. The number of aliphatic imine (C=N–C) groups is 1. The SMILES string of the molecule is CN=C(NCCNC(=O)Cc1cccc(F)c1)NCC(C)c1ccsc1. The zero-order valence-electron chi connectivity index (χ0n) is 15.1. The molecule has 0 aliphatic heterocycles. The van der Waals surface area contributed by atoms with Gasteiger partial charge in [0.2, 0.25) is 5.91 Å².